The van der Waals surface area contributed by atoms with Crippen molar-refractivity contribution in [3.05, 3.63) is 42.0 Å². The number of nitrogens with zero attached hydrogens (tertiary/aromatic N) is 1. The molecule has 1 saturated carbocycles. The smallest absolute Gasteiger partial charge is 0.338 e. The molecule has 0 unspecified atom stereocenters. The molecule has 4 rings (SSSR count). The van der Waals surface area contributed by atoms with Gasteiger partial charge in [-0.2, -0.15) is 0 Å². The molecule has 3 amide bonds. The van der Waals surface area contributed by atoms with Gasteiger partial charge < -0.3 is 14.8 Å². The molecule has 9 heteroatoms. The Morgan fingerprint density at radius 2 is 1.61 bits per heavy atom. The van der Waals surface area contributed by atoms with Crippen molar-refractivity contribution in [2.75, 3.05) is 18.5 Å². The second-order valence-electron chi connectivity index (χ2n) is 9.96. The van der Waals surface area contributed by atoms with Crippen molar-refractivity contribution >= 4 is 35.3 Å². The van der Waals surface area contributed by atoms with Gasteiger partial charge in [0.15, 0.2) is 6.61 Å². The summed E-state index contributed by atoms with van der Waals surface area (Å²) in [5, 5.41) is 2.60. The fraction of sp³-hybridized carbons (Fsp3) is 0.519. The van der Waals surface area contributed by atoms with Gasteiger partial charge in [-0.3, -0.25) is 19.3 Å². The fourth-order valence-corrected chi connectivity index (χ4v) is 5.38. The number of imide groups is 1. The normalized spacial score (nSPS) is 24.7. The summed E-state index contributed by atoms with van der Waals surface area (Å²) < 4.78 is 10.4. The van der Waals surface area contributed by atoms with Gasteiger partial charge in [-0.1, -0.05) is 39.3 Å². The van der Waals surface area contributed by atoms with Crippen LogP contribution in [0.3, 0.4) is 0 Å². The van der Waals surface area contributed by atoms with Crippen molar-refractivity contribution in [3.63, 3.8) is 0 Å². The Morgan fingerprint density at radius 3 is 2.17 bits per heavy atom. The number of esters is 2. The van der Waals surface area contributed by atoms with Crippen LogP contribution in [0, 0.1) is 29.6 Å². The molecule has 0 spiro atoms. The van der Waals surface area contributed by atoms with Crippen LogP contribution in [0.25, 0.3) is 0 Å². The Balaban J connectivity index is 1.32. The monoisotopic (exact) mass is 496 g/mol. The summed E-state index contributed by atoms with van der Waals surface area (Å²) in [5.41, 5.74) is 0.783. The maximum atomic E-state index is 13.1. The highest BCUT2D eigenvalue weighted by atomic mass is 16.5. The summed E-state index contributed by atoms with van der Waals surface area (Å²) in [7, 11) is 0. The number of hydrogen-bond donors (Lipinski definition) is 1. The lowest BCUT2D eigenvalue weighted by molar-refractivity contribution is -0.162. The second-order valence-corrected chi connectivity index (χ2v) is 9.96. The number of rotatable bonds is 10. The van der Waals surface area contributed by atoms with Crippen LogP contribution >= 0.6 is 0 Å². The molecule has 2 bridgehead atoms. The molecule has 1 heterocycles. The fourth-order valence-electron chi connectivity index (χ4n) is 5.38. The summed E-state index contributed by atoms with van der Waals surface area (Å²) in [5.74, 6) is -3.55. The highest BCUT2D eigenvalue weighted by Crippen LogP contribution is 2.53. The van der Waals surface area contributed by atoms with E-state index in [0.29, 0.717) is 17.9 Å². The van der Waals surface area contributed by atoms with Gasteiger partial charge in [0.2, 0.25) is 11.8 Å². The number of nitrogens with one attached hydrogen (secondary N) is 1. The average molecular weight is 497 g/mol. The zero-order valence-electron chi connectivity index (χ0n) is 20.8. The van der Waals surface area contributed by atoms with Crippen LogP contribution in [-0.4, -0.2) is 53.8 Å². The topological polar surface area (TPSA) is 119 Å². The molecule has 36 heavy (non-hydrogen) atoms. The summed E-state index contributed by atoms with van der Waals surface area (Å²) in [6.45, 7) is 5.26. The van der Waals surface area contributed by atoms with Crippen molar-refractivity contribution < 1.29 is 33.4 Å². The van der Waals surface area contributed by atoms with E-state index in [4.69, 9.17) is 9.47 Å². The van der Waals surface area contributed by atoms with E-state index in [-0.39, 0.29) is 29.6 Å². The molecule has 0 radical (unpaired) electrons. The summed E-state index contributed by atoms with van der Waals surface area (Å²) in [6.07, 6.45) is 6.50. The first-order valence-corrected chi connectivity index (χ1v) is 12.5. The molecule has 1 N–H and O–H groups in total. The molecule has 9 nitrogen and oxygen atoms in total. The van der Waals surface area contributed by atoms with Gasteiger partial charge in [0, 0.05) is 5.69 Å². The third-order valence-corrected chi connectivity index (χ3v) is 7.14. The number of ether oxygens (including phenoxy) is 2. The zero-order chi connectivity index (χ0) is 26.0. The third kappa shape index (κ3) is 4.92. The molecule has 5 atom stereocenters. The second kappa shape index (κ2) is 10.6. The Hall–Kier alpha value is -3.49. The maximum Gasteiger partial charge on any atom is 0.338 e. The predicted molar refractivity (Wildman–Crippen MR) is 129 cm³/mol. The number of unbranched alkanes of at least 4 members (excludes halogenated alkanes) is 1. The lowest BCUT2D eigenvalue weighted by Gasteiger charge is -2.28. The first-order chi connectivity index (χ1) is 17.2. The van der Waals surface area contributed by atoms with E-state index in [2.05, 4.69) is 5.32 Å². The first-order valence-electron chi connectivity index (χ1n) is 12.5. The summed E-state index contributed by atoms with van der Waals surface area (Å²) in [4.78, 5) is 64.6. The molecule has 3 aliphatic rings. The van der Waals surface area contributed by atoms with Gasteiger partial charge in [0.05, 0.1) is 24.0 Å². The SMILES string of the molecule is CCCCOC(=O)c1ccc(NC(=O)COC(=O)[C@H](C(C)C)N2C(=O)[C@H]3[C@H](C2=O)[C@H]2C=C[C@H]3C2)cc1. The molecule has 1 aromatic rings. The van der Waals surface area contributed by atoms with Gasteiger partial charge >= 0.3 is 11.9 Å². The van der Waals surface area contributed by atoms with Crippen LogP contribution in [0.4, 0.5) is 5.69 Å². The van der Waals surface area contributed by atoms with Crippen LogP contribution in [0.5, 0.6) is 0 Å². The number of hydrogen-bond acceptors (Lipinski definition) is 7. The van der Waals surface area contributed by atoms with Crippen LogP contribution in [0.2, 0.25) is 0 Å². The highest BCUT2D eigenvalue weighted by Gasteiger charge is 2.61. The molecule has 1 aliphatic heterocycles. The Labute approximate surface area is 210 Å². The zero-order valence-corrected chi connectivity index (χ0v) is 20.8. The molecule has 2 fully saturated rings. The number of anilines is 1. The van der Waals surface area contributed by atoms with E-state index < -0.39 is 42.3 Å². The molecule has 2 aliphatic carbocycles. The van der Waals surface area contributed by atoms with Crippen LogP contribution in [0.15, 0.2) is 36.4 Å². The van der Waals surface area contributed by atoms with Crippen molar-refractivity contribution in [1.29, 1.82) is 0 Å². The summed E-state index contributed by atoms with van der Waals surface area (Å²) >= 11 is 0. The minimum absolute atomic E-state index is 0.0423. The largest absolute Gasteiger partial charge is 0.462 e. The number of fused-ring (bicyclic) bond motifs is 5. The summed E-state index contributed by atoms with van der Waals surface area (Å²) in [6, 6.07) is 5.09. The van der Waals surface area contributed by atoms with Gasteiger partial charge in [-0.15, -0.1) is 0 Å². The van der Waals surface area contributed by atoms with Gasteiger partial charge in [-0.25, -0.2) is 9.59 Å². The number of amides is 3. The van der Waals surface area contributed by atoms with Crippen LogP contribution < -0.4 is 5.32 Å². The maximum absolute atomic E-state index is 13.1. The number of carbonyl (C=O) groups is 5. The van der Waals surface area contributed by atoms with Crippen molar-refractivity contribution in [2.24, 2.45) is 29.6 Å². The number of carbonyl (C=O) groups excluding carboxylic acids is 5. The van der Waals surface area contributed by atoms with Gasteiger partial charge in [0.1, 0.15) is 6.04 Å². The van der Waals surface area contributed by atoms with Crippen molar-refractivity contribution in [1.82, 2.24) is 4.90 Å². The lowest BCUT2D eigenvalue weighted by atomic mass is 9.85. The molecule has 1 aromatic carbocycles. The Bertz CT molecular complexity index is 1050. The standard InChI is InChI=1S/C27H32N2O7/c1-4-5-12-35-26(33)16-8-10-19(11-9-16)28-20(30)14-36-27(34)23(15(2)3)29-24(31)21-17-6-7-18(13-17)22(21)25(29)32/h6-11,15,17-18,21-23H,4-5,12-14H2,1-3H3,(H,28,30)/t17-,18-,21+,22+,23-/m0/s1. The third-order valence-electron chi connectivity index (χ3n) is 7.14. The van der Waals surface area contributed by atoms with E-state index in [1.165, 1.54) is 12.1 Å². The number of benzene rings is 1. The van der Waals surface area contributed by atoms with E-state index >= 15 is 0 Å². The van der Waals surface area contributed by atoms with Crippen molar-refractivity contribution in [3.8, 4) is 0 Å². The first kappa shape index (κ1) is 25.6. The molecule has 1 saturated heterocycles. The predicted octanol–water partition coefficient (Wildman–Crippen LogP) is 2.96. The number of allylic oxidation sites excluding steroid dienone is 2. The van der Waals surface area contributed by atoms with Gasteiger partial charge in [0.25, 0.3) is 5.91 Å². The molecule has 0 aromatic heterocycles. The van der Waals surface area contributed by atoms with Crippen molar-refractivity contribution in [2.45, 2.75) is 46.1 Å². The van der Waals surface area contributed by atoms with E-state index in [9.17, 15) is 24.0 Å². The number of likely N-dealkylation sites (tertiary alicyclic amines) is 1. The Morgan fingerprint density at radius 1 is 1.00 bits per heavy atom. The molecular formula is C27H32N2O7. The highest BCUT2D eigenvalue weighted by molar-refractivity contribution is 6.09. The van der Waals surface area contributed by atoms with E-state index in [0.717, 1.165) is 24.2 Å². The van der Waals surface area contributed by atoms with E-state index in [1.807, 2.05) is 19.1 Å². The van der Waals surface area contributed by atoms with Crippen LogP contribution in [0.1, 0.15) is 50.4 Å². The molecule has 192 valence electrons. The van der Waals surface area contributed by atoms with Crippen LogP contribution in [-0.2, 0) is 28.7 Å². The minimum Gasteiger partial charge on any atom is -0.462 e. The quantitative estimate of drug-likeness (QED) is 0.229. The molecular weight excluding hydrogens is 464 g/mol. The van der Waals surface area contributed by atoms with E-state index in [1.54, 1.807) is 26.0 Å². The van der Waals surface area contributed by atoms with Gasteiger partial charge in [-0.05, 0) is 54.9 Å². The minimum atomic E-state index is -1.08. The average Bonchev–Trinajstić information content (AvgIpc) is 3.53. The lowest BCUT2D eigenvalue weighted by Crippen LogP contribution is -2.50. The Kier molecular flexibility index (Phi) is 7.56.